The minimum absolute atomic E-state index is 0.0224. The van der Waals surface area contributed by atoms with Crippen LogP contribution in [0.4, 0.5) is 18.9 Å². The Morgan fingerprint density at radius 2 is 1.65 bits per heavy atom. The zero-order valence-electron chi connectivity index (χ0n) is 27.1. The number of halogens is 3. The van der Waals surface area contributed by atoms with Crippen LogP contribution < -0.4 is 10.1 Å². The molecule has 2 aliphatic rings. The molecule has 3 aromatic rings. The molecule has 15 heteroatoms. The quantitative estimate of drug-likeness (QED) is 0.0685. The third-order valence-electron chi connectivity index (χ3n) is 8.93. The van der Waals surface area contributed by atoms with Crippen molar-refractivity contribution < 1.29 is 45.5 Å². The largest absolute Gasteiger partial charge is 0.494 e. The lowest BCUT2D eigenvalue weighted by Crippen LogP contribution is -2.48. The molecule has 5 rings (SSSR count). The summed E-state index contributed by atoms with van der Waals surface area (Å²) in [5.41, 5.74) is 0.589. The summed E-state index contributed by atoms with van der Waals surface area (Å²) in [4.78, 5) is 23.1. The summed E-state index contributed by atoms with van der Waals surface area (Å²) < 4.78 is 86.2. The highest BCUT2D eigenvalue weighted by Crippen LogP contribution is 2.60. The molecule has 11 nitrogen and oxygen atoms in total. The number of non-ortho nitro benzene ring substituents is 1. The van der Waals surface area contributed by atoms with Crippen molar-refractivity contribution in [3.8, 4) is 5.75 Å². The molecule has 264 valence electrons. The fourth-order valence-electron chi connectivity index (χ4n) is 6.55. The number of carbonyl (C=O) groups excluding carboxylic acids is 1. The van der Waals surface area contributed by atoms with Gasteiger partial charge in [0.1, 0.15) is 16.4 Å². The van der Waals surface area contributed by atoms with Crippen molar-refractivity contribution in [2.24, 2.45) is 11.8 Å². The number of nitro groups is 1. The molecule has 0 spiro atoms. The lowest BCUT2D eigenvalue weighted by atomic mass is 10.1. The lowest BCUT2D eigenvalue weighted by molar-refractivity contribution is -0.384. The maximum Gasteiger partial charge on any atom is 0.335 e. The van der Waals surface area contributed by atoms with E-state index in [1.165, 1.54) is 12.1 Å². The summed E-state index contributed by atoms with van der Waals surface area (Å²) in [6, 6.07) is 13.2. The Balaban J connectivity index is 1.21. The monoisotopic (exact) mass is 705 g/mol. The number of sulfone groups is 1. The van der Waals surface area contributed by atoms with Gasteiger partial charge in [0.05, 0.1) is 23.0 Å². The highest BCUT2D eigenvalue weighted by Gasteiger charge is 2.75. The van der Waals surface area contributed by atoms with Gasteiger partial charge in [0, 0.05) is 68.3 Å². The van der Waals surface area contributed by atoms with Crippen molar-refractivity contribution in [2.45, 2.75) is 49.1 Å². The summed E-state index contributed by atoms with van der Waals surface area (Å²) in [5, 5.41) is 14.4. The molecule has 2 fully saturated rings. The van der Waals surface area contributed by atoms with Gasteiger partial charge in [0.15, 0.2) is 27.6 Å². The van der Waals surface area contributed by atoms with Crippen molar-refractivity contribution in [1.29, 1.82) is 0 Å². The predicted molar refractivity (Wildman–Crippen MR) is 172 cm³/mol. The first-order valence-corrected chi connectivity index (χ1v) is 17.5. The van der Waals surface area contributed by atoms with E-state index in [-0.39, 0.29) is 55.5 Å². The molecule has 0 amide bonds. The molecule has 1 aliphatic carbocycles. The van der Waals surface area contributed by atoms with E-state index in [1.54, 1.807) is 30.9 Å². The predicted octanol–water partition coefficient (Wildman–Crippen LogP) is 4.81. The van der Waals surface area contributed by atoms with Gasteiger partial charge in [-0.1, -0.05) is 12.1 Å². The first-order chi connectivity index (χ1) is 23.4. The van der Waals surface area contributed by atoms with Crippen molar-refractivity contribution in [2.75, 3.05) is 39.5 Å². The third kappa shape index (κ3) is 7.74. The summed E-state index contributed by atoms with van der Waals surface area (Å²) >= 11 is 0. The zero-order chi connectivity index (χ0) is 35.3. The van der Waals surface area contributed by atoms with Gasteiger partial charge in [0.2, 0.25) is 0 Å². The molecule has 0 aromatic heterocycles. The van der Waals surface area contributed by atoms with Crippen LogP contribution in [0.25, 0.3) is 0 Å². The Hall–Kier alpha value is -4.05. The number of rotatable bonds is 17. The standard InChI is InChI=1S/C34H38F3N3O8S/c1-3-46-32(33(41)47-4-2)16-22-6-10-25(11-7-22)48-15-5-14-38-34(49(44,45)26-12-8-24(9-13-26)40(42)43)27-20-39(21-28(27)34)19-23-17-30(36)31(37)18-29(23)35/h6-13,17-18,27-28,32,38H,3-5,14-16,19-21H2,1-2H3/t27-,28?,32+,34+/m1/s1. The van der Waals surface area contributed by atoms with Crippen LogP contribution >= 0.6 is 0 Å². The second kappa shape index (κ2) is 15.2. The number of ether oxygens (including phenoxy) is 3. The van der Waals surface area contributed by atoms with Gasteiger partial charge in [-0.2, -0.15) is 0 Å². The molecular weight excluding hydrogens is 667 g/mol. The second-order valence-electron chi connectivity index (χ2n) is 12.0. The van der Waals surface area contributed by atoms with Crippen LogP contribution in [0.1, 0.15) is 31.4 Å². The van der Waals surface area contributed by atoms with Crippen LogP contribution in [-0.2, 0) is 37.1 Å². The van der Waals surface area contributed by atoms with E-state index in [2.05, 4.69) is 5.32 Å². The average Bonchev–Trinajstić information content (AvgIpc) is 3.45. The van der Waals surface area contributed by atoms with Crippen LogP contribution in [0.2, 0.25) is 0 Å². The summed E-state index contributed by atoms with van der Waals surface area (Å²) in [7, 11) is -4.04. The molecule has 49 heavy (non-hydrogen) atoms. The van der Waals surface area contributed by atoms with E-state index in [1.807, 2.05) is 12.1 Å². The number of esters is 1. The van der Waals surface area contributed by atoms with Crippen LogP contribution in [0.15, 0.2) is 65.6 Å². The number of likely N-dealkylation sites (tertiary alicyclic amines) is 1. The van der Waals surface area contributed by atoms with Crippen molar-refractivity contribution >= 4 is 21.5 Å². The number of nitro benzene ring substituents is 1. The number of piperidine rings is 1. The van der Waals surface area contributed by atoms with Gasteiger partial charge in [-0.15, -0.1) is 0 Å². The minimum atomic E-state index is -4.04. The molecule has 1 saturated carbocycles. The third-order valence-corrected chi connectivity index (χ3v) is 11.5. The van der Waals surface area contributed by atoms with E-state index in [0.29, 0.717) is 31.3 Å². The first kappa shape index (κ1) is 36.2. The topological polar surface area (TPSA) is 137 Å². The zero-order valence-corrected chi connectivity index (χ0v) is 27.9. The van der Waals surface area contributed by atoms with E-state index in [9.17, 15) is 36.5 Å². The van der Waals surface area contributed by atoms with Gasteiger partial charge in [-0.3, -0.25) is 20.3 Å². The summed E-state index contributed by atoms with van der Waals surface area (Å²) in [6.45, 7) is 5.18. The molecule has 3 aromatic carbocycles. The van der Waals surface area contributed by atoms with Crippen molar-refractivity contribution in [1.82, 2.24) is 10.2 Å². The normalized spacial score (nSPS) is 20.8. The van der Waals surface area contributed by atoms with E-state index in [0.717, 1.165) is 23.8 Å². The van der Waals surface area contributed by atoms with Gasteiger partial charge in [0.25, 0.3) is 5.69 Å². The van der Waals surface area contributed by atoms with Gasteiger partial charge < -0.3 is 14.2 Å². The fraction of sp³-hybridized carbons (Fsp3) is 0.441. The van der Waals surface area contributed by atoms with Gasteiger partial charge >= 0.3 is 5.97 Å². The van der Waals surface area contributed by atoms with Crippen molar-refractivity contribution in [3.05, 3.63) is 99.4 Å². The number of fused-ring (bicyclic) bond motifs is 1. The summed E-state index contributed by atoms with van der Waals surface area (Å²) in [5.74, 6) is -3.97. The van der Waals surface area contributed by atoms with Crippen LogP contribution in [0.3, 0.4) is 0 Å². The average molecular weight is 706 g/mol. The number of nitrogens with one attached hydrogen (secondary N) is 1. The Morgan fingerprint density at radius 3 is 2.27 bits per heavy atom. The fourth-order valence-corrected chi connectivity index (χ4v) is 8.93. The maximum atomic E-state index is 14.3. The molecule has 0 radical (unpaired) electrons. The van der Waals surface area contributed by atoms with Crippen LogP contribution in [0.5, 0.6) is 5.75 Å². The SMILES string of the molecule is CCOC(=O)[C@H](Cc1ccc(OCCCN[C@@]2(S(=O)(=O)c3ccc([N+](=O)[O-])cc3)C3CN(Cc4cc(F)c(F)cc4F)C[C@H]32)cc1)OCC. The number of nitrogens with zero attached hydrogens (tertiary/aromatic N) is 2. The van der Waals surface area contributed by atoms with Crippen LogP contribution in [-0.4, -0.2) is 74.6 Å². The second-order valence-corrected chi connectivity index (χ2v) is 14.1. The smallest absolute Gasteiger partial charge is 0.335 e. The Kier molecular flexibility index (Phi) is 11.3. The number of hydrogen-bond acceptors (Lipinski definition) is 10. The highest BCUT2D eigenvalue weighted by atomic mass is 32.2. The molecule has 1 aliphatic heterocycles. The summed E-state index contributed by atoms with van der Waals surface area (Å²) in [6.07, 6.45) is 0.0774. The molecule has 1 saturated heterocycles. The van der Waals surface area contributed by atoms with Crippen LogP contribution in [0, 0.1) is 39.4 Å². The first-order valence-electron chi connectivity index (χ1n) is 16.0. The molecule has 0 bridgehead atoms. The number of benzene rings is 3. The van der Waals surface area contributed by atoms with Crippen molar-refractivity contribution in [3.63, 3.8) is 0 Å². The van der Waals surface area contributed by atoms with E-state index in [4.69, 9.17) is 14.2 Å². The highest BCUT2D eigenvalue weighted by molar-refractivity contribution is 7.93. The number of hydrogen-bond donors (Lipinski definition) is 1. The Bertz CT molecular complexity index is 1750. The molecule has 1 N–H and O–H groups in total. The van der Waals surface area contributed by atoms with E-state index >= 15 is 0 Å². The minimum Gasteiger partial charge on any atom is -0.494 e. The molecule has 4 atom stereocenters. The van der Waals surface area contributed by atoms with E-state index < -0.39 is 61.0 Å². The lowest BCUT2D eigenvalue weighted by Gasteiger charge is -2.28. The maximum absolute atomic E-state index is 14.3. The van der Waals surface area contributed by atoms with Gasteiger partial charge in [-0.25, -0.2) is 26.4 Å². The number of carbonyl (C=O) groups is 1. The molecular formula is C34H38F3N3O8S. The Morgan fingerprint density at radius 1 is 1.00 bits per heavy atom. The molecule has 1 heterocycles. The Labute approximate surface area is 282 Å². The molecule has 1 unspecified atom stereocenters. The van der Waals surface area contributed by atoms with Gasteiger partial charge in [-0.05, 0) is 62.7 Å².